The van der Waals surface area contributed by atoms with Gasteiger partial charge in [0.1, 0.15) is 10.6 Å². The highest BCUT2D eigenvalue weighted by Crippen LogP contribution is 2.27. The third-order valence-electron chi connectivity index (χ3n) is 3.78. The first-order valence-corrected chi connectivity index (χ1v) is 9.29. The van der Waals surface area contributed by atoms with Gasteiger partial charge in [0.05, 0.1) is 18.7 Å². The van der Waals surface area contributed by atoms with Crippen molar-refractivity contribution in [1.82, 2.24) is 4.31 Å². The topological polar surface area (TPSA) is 96.4 Å². The predicted molar refractivity (Wildman–Crippen MR) is 103 cm³/mol. The van der Waals surface area contributed by atoms with Crippen LogP contribution in [0, 0.1) is 11.3 Å². The molecule has 0 amide bonds. The summed E-state index contributed by atoms with van der Waals surface area (Å²) >= 11 is 0. The van der Waals surface area contributed by atoms with Gasteiger partial charge in [0.15, 0.2) is 0 Å². The molecule has 2 aromatic carbocycles. The first-order chi connectivity index (χ1) is 12.0. The molecule has 0 aliphatic rings. The van der Waals surface area contributed by atoms with Gasteiger partial charge in [-0.2, -0.15) is 9.57 Å². The van der Waals surface area contributed by atoms with Crippen LogP contribution in [0.1, 0.15) is 11.1 Å². The van der Waals surface area contributed by atoms with E-state index in [2.05, 4.69) is 0 Å². The number of nitrogens with zero attached hydrogens (tertiary/aromatic N) is 2. The molecule has 0 saturated heterocycles. The van der Waals surface area contributed by atoms with Crippen LogP contribution in [0.2, 0.25) is 0 Å². The molecular formula is C18H22ClN3O3S. The van der Waals surface area contributed by atoms with Crippen LogP contribution in [-0.4, -0.2) is 39.5 Å². The number of ether oxygens (including phenoxy) is 1. The van der Waals surface area contributed by atoms with Gasteiger partial charge >= 0.3 is 0 Å². The predicted octanol–water partition coefficient (Wildman–Crippen LogP) is 2.18. The monoisotopic (exact) mass is 395 g/mol. The molecule has 0 fully saturated rings. The summed E-state index contributed by atoms with van der Waals surface area (Å²) in [5.41, 5.74) is 7.00. The lowest BCUT2D eigenvalue weighted by Gasteiger charge is -2.22. The van der Waals surface area contributed by atoms with Gasteiger partial charge in [-0.1, -0.05) is 30.3 Å². The van der Waals surface area contributed by atoms with E-state index in [4.69, 9.17) is 15.7 Å². The molecule has 140 valence electrons. The Kier molecular flexibility index (Phi) is 8.55. The highest BCUT2D eigenvalue weighted by Gasteiger charge is 2.27. The molecule has 0 radical (unpaired) electrons. The van der Waals surface area contributed by atoms with Gasteiger partial charge < -0.3 is 10.5 Å². The van der Waals surface area contributed by atoms with E-state index in [0.29, 0.717) is 18.5 Å². The molecular weight excluding hydrogens is 374 g/mol. The minimum Gasteiger partial charge on any atom is -0.495 e. The highest BCUT2D eigenvalue weighted by atomic mass is 35.5. The van der Waals surface area contributed by atoms with Crippen LogP contribution in [0.5, 0.6) is 5.75 Å². The Morgan fingerprint density at radius 1 is 1.15 bits per heavy atom. The first-order valence-electron chi connectivity index (χ1n) is 7.85. The van der Waals surface area contributed by atoms with Gasteiger partial charge in [0.2, 0.25) is 10.0 Å². The third-order valence-corrected chi connectivity index (χ3v) is 5.72. The van der Waals surface area contributed by atoms with Crippen molar-refractivity contribution in [2.75, 3.05) is 26.7 Å². The molecule has 0 bridgehead atoms. The lowest BCUT2D eigenvalue weighted by Crippen LogP contribution is -2.37. The fourth-order valence-corrected chi connectivity index (χ4v) is 4.08. The number of rotatable bonds is 8. The minimum absolute atomic E-state index is 0. The summed E-state index contributed by atoms with van der Waals surface area (Å²) in [5.74, 6) is 0.154. The Hall–Kier alpha value is -2.11. The summed E-state index contributed by atoms with van der Waals surface area (Å²) < 4.78 is 32.6. The molecule has 0 atom stereocenters. The van der Waals surface area contributed by atoms with E-state index in [0.717, 1.165) is 5.56 Å². The molecule has 0 spiro atoms. The molecule has 0 heterocycles. The van der Waals surface area contributed by atoms with Crippen molar-refractivity contribution in [3.05, 3.63) is 59.7 Å². The second kappa shape index (κ2) is 10.1. The summed E-state index contributed by atoms with van der Waals surface area (Å²) in [5, 5.41) is 8.97. The van der Waals surface area contributed by atoms with E-state index in [9.17, 15) is 8.42 Å². The zero-order valence-electron chi connectivity index (χ0n) is 14.5. The largest absolute Gasteiger partial charge is 0.495 e. The van der Waals surface area contributed by atoms with E-state index in [1.165, 1.54) is 29.6 Å². The molecule has 0 aliphatic carbocycles. The Balaban J connectivity index is 0.00000338. The SMILES string of the molecule is COc1cc(C#N)ccc1S(=O)(=O)N(CCN)CCc1ccccc1.Cl. The van der Waals surface area contributed by atoms with Gasteiger partial charge in [-0.15, -0.1) is 12.4 Å². The maximum absolute atomic E-state index is 13.0. The Morgan fingerprint density at radius 2 is 1.85 bits per heavy atom. The lowest BCUT2D eigenvalue weighted by molar-refractivity contribution is 0.391. The number of hydrogen-bond donors (Lipinski definition) is 1. The van der Waals surface area contributed by atoms with Crippen LogP contribution in [0.15, 0.2) is 53.4 Å². The number of halogens is 1. The van der Waals surface area contributed by atoms with Crippen molar-refractivity contribution in [3.8, 4) is 11.8 Å². The number of nitriles is 1. The molecule has 26 heavy (non-hydrogen) atoms. The normalized spacial score (nSPS) is 10.8. The summed E-state index contributed by atoms with van der Waals surface area (Å²) in [6, 6.07) is 15.9. The number of hydrogen-bond acceptors (Lipinski definition) is 5. The Bertz CT molecular complexity index is 852. The summed E-state index contributed by atoms with van der Waals surface area (Å²) in [6.45, 7) is 0.734. The first kappa shape index (κ1) is 21.9. The number of methoxy groups -OCH3 is 1. The van der Waals surface area contributed by atoms with Crippen molar-refractivity contribution in [3.63, 3.8) is 0 Å². The zero-order chi connectivity index (χ0) is 18.3. The van der Waals surface area contributed by atoms with Crippen LogP contribution in [-0.2, 0) is 16.4 Å². The van der Waals surface area contributed by atoms with E-state index < -0.39 is 10.0 Å². The lowest BCUT2D eigenvalue weighted by atomic mass is 10.1. The third kappa shape index (κ3) is 5.19. The number of sulfonamides is 1. The highest BCUT2D eigenvalue weighted by molar-refractivity contribution is 7.89. The second-order valence-corrected chi connectivity index (χ2v) is 7.31. The van der Waals surface area contributed by atoms with E-state index in [-0.39, 0.29) is 36.1 Å². The van der Waals surface area contributed by atoms with Gasteiger partial charge in [-0.05, 0) is 30.2 Å². The fourth-order valence-electron chi connectivity index (χ4n) is 2.48. The van der Waals surface area contributed by atoms with Crippen LogP contribution in [0.4, 0.5) is 0 Å². The Labute approximate surface area is 160 Å². The molecule has 8 heteroatoms. The van der Waals surface area contributed by atoms with Crippen LogP contribution in [0.25, 0.3) is 0 Å². The molecule has 2 aromatic rings. The quantitative estimate of drug-likeness (QED) is 0.738. The van der Waals surface area contributed by atoms with E-state index in [1.54, 1.807) is 0 Å². The number of nitrogens with two attached hydrogens (primary N) is 1. The maximum Gasteiger partial charge on any atom is 0.246 e. The number of benzene rings is 2. The minimum atomic E-state index is -3.78. The maximum atomic E-state index is 13.0. The molecule has 0 aromatic heterocycles. The Morgan fingerprint density at radius 3 is 2.42 bits per heavy atom. The average Bonchev–Trinajstić information content (AvgIpc) is 2.65. The second-order valence-electron chi connectivity index (χ2n) is 5.41. The van der Waals surface area contributed by atoms with E-state index in [1.807, 2.05) is 36.4 Å². The fraction of sp³-hybridized carbons (Fsp3) is 0.278. The smallest absolute Gasteiger partial charge is 0.246 e. The van der Waals surface area contributed by atoms with Crippen molar-refractivity contribution in [2.24, 2.45) is 5.73 Å². The zero-order valence-corrected chi connectivity index (χ0v) is 16.1. The van der Waals surface area contributed by atoms with Crippen molar-refractivity contribution < 1.29 is 13.2 Å². The molecule has 0 aliphatic heterocycles. The molecule has 6 nitrogen and oxygen atoms in total. The van der Waals surface area contributed by atoms with Gasteiger partial charge in [0.25, 0.3) is 0 Å². The van der Waals surface area contributed by atoms with Gasteiger partial charge in [-0.3, -0.25) is 0 Å². The summed E-state index contributed by atoms with van der Waals surface area (Å²) in [7, 11) is -2.40. The molecule has 0 unspecified atom stereocenters. The summed E-state index contributed by atoms with van der Waals surface area (Å²) in [6.07, 6.45) is 0.582. The van der Waals surface area contributed by atoms with Crippen LogP contribution >= 0.6 is 12.4 Å². The van der Waals surface area contributed by atoms with Crippen molar-refractivity contribution in [1.29, 1.82) is 5.26 Å². The van der Waals surface area contributed by atoms with Gasteiger partial charge in [0, 0.05) is 19.6 Å². The van der Waals surface area contributed by atoms with Crippen LogP contribution < -0.4 is 10.5 Å². The van der Waals surface area contributed by atoms with Crippen molar-refractivity contribution in [2.45, 2.75) is 11.3 Å². The molecule has 2 rings (SSSR count). The molecule has 2 N–H and O–H groups in total. The van der Waals surface area contributed by atoms with E-state index >= 15 is 0 Å². The molecule has 0 saturated carbocycles. The average molecular weight is 396 g/mol. The van der Waals surface area contributed by atoms with Crippen LogP contribution in [0.3, 0.4) is 0 Å². The standard InChI is InChI=1S/C18H21N3O3S.ClH/c1-24-17-13-16(14-20)7-8-18(17)25(22,23)21(12-10-19)11-9-15-5-3-2-4-6-15;/h2-8,13H,9-12,19H2,1H3;1H. The van der Waals surface area contributed by atoms with Crippen molar-refractivity contribution >= 4 is 22.4 Å². The summed E-state index contributed by atoms with van der Waals surface area (Å²) in [4.78, 5) is 0.0375. The van der Waals surface area contributed by atoms with Gasteiger partial charge in [-0.25, -0.2) is 8.42 Å².